The number of carboxylic acid groups (broad SMARTS) is 1. The number of carbonyl (C=O) groups is 2. The van der Waals surface area contributed by atoms with Crippen molar-refractivity contribution in [1.82, 2.24) is 14.9 Å². The van der Waals surface area contributed by atoms with Crippen LogP contribution >= 0.6 is 0 Å². The third kappa shape index (κ3) is 4.13. The molecule has 1 amide bonds. The highest BCUT2D eigenvalue weighted by molar-refractivity contribution is 5.92. The molecule has 2 aromatic rings. The van der Waals surface area contributed by atoms with Gasteiger partial charge in [-0.3, -0.25) is 0 Å². The summed E-state index contributed by atoms with van der Waals surface area (Å²) in [6.45, 7) is 6.85. The Morgan fingerprint density at radius 1 is 1.42 bits per heavy atom. The lowest BCUT2D eigenvalue weighted by atomic mass is 10.1. The van der Waals surface area contributed by atoms with Gasteiger partial charge >= 0.3 is 12.1 Å². The van der Waals surface area contributed by atoms with Gasteiger partial charge in [0.05, 0.1) is 35.8 Å². The van der Waals surface area contributed by atoms with E-state index in [1.165, 1.54) is 6.07 Å². The molecule has 1 aliphatic rings. The first-order valence-corrected chi connectivity index (χ1v) is 8.54. The fraction of sp³-hybridized carbons (Fsp3) is 0.500. The predicted octanol–water partition coefficient (Wildman–Crippen LogP) is 2.55. The van der Waals surface area contributed by atoms with Crippen molar-refractivity contribution in [1.29, 1.82) is 0 Å². The quantitative estimate of drug-likeness (QED) is 0.848. The normalized spacial score (nSPS) is 17.0. The van der Waals surface area contributed by atoms with Crippen LogP contribution in [0.4, 0.5) is 4.79 Å². The number of benzene rings is 1. The smallest absolute Gasteiger partial charge is 0.408 e. The molecule has 1 aromatic carbocycles. The number of carbonyl (C=O) groups excluding carboxylic acids is 1. The van der Waals surface area contributed by atoms with E-state index in [4.69, 9.17) is 9.47 Å². The lowest BCUT2D eigenvalue weighted by molar-refractivity contribution is -0.0590. The molecular formula is C18H23N3O5. The summed E-state index contributed by atoms with van der Waals surface area (Å²) in [6, 6.07) is 4.79. The van der Waals surface area contributed by atoms with E-state index < -0.39 is 17.7 Å². The minimum absolute atomic E-state index is 0.0705. The van der Waals surface area contributed by atoms with Crippen molar-refractivity contribution in [3.8, 4) is 0 Å². The van der Waals surface area contributed by atoms with E-state index >= 15 is 0 Å². The number of hydrogen-bond acceptors (Lipinski definition) is 5. The Labute approximate surface area is 151 Å². The molecule has 1 fully saturated rings. The monoisotopic (exact) mass is 361 g/mol. The minimum atomic E-state index is -0.993. The van der Waals surface area contributed by atoms with Gasteiger partial charge in [0.1, 0.15) is 11.4 Å². The number of rotatable bonds is 5. The van der Waals surface area contributed by atoms with Crippen molar-refractivity contribution in [2.45, 2.75) is 52.0 Å². The number of nitrogens with zero attached hydrogens (tertiary/aromatic N) is 2. The highest BCUT2D eigenvalue weighted by Gasteiger charge is 2.23. The highest BCUT2D eigenvalue weighted by Crippen LogP contribution is 2.22. The zero-order valence-corrected chi connectivity index (χ0v) is 15.1. The summed E-state index contributed by atoms with van der Waals surface area (Å²) < 4.78 is 12.7. The van der Waals surface area contributed by atoms with Crippen molar-refractivity contribution >= 4 is 23.1 Å². The summed E-state index contributed by atoms with van der Waals surface area (Å²) in [6.07, 6.45) is 0.486. The van der Waals surface area contributed by atoms with Gasteiger partial charge in [-0.15, -0.1) is 0 Å². The van der Waals surface area contributed by atoms with E-state index in [1.54, 1.807) is 32.9 Å². The topological polar surface area (TPSA) is 103 Å². The molecule has 140 valence electrons. The Morgan fingerprint density at radius 2 is 2.15 bits per heavy atom. The van der Waals surface area contributed by atoms with Gasteiger partial charge < -0.3 is 24.5 Å². The van der Waals surface area contributed by atoms with Gasteiger partial charge in [0.2, 0.25) is 0 Å². The Hall–Kier alpha value is -2.61. The zero-order valence-electron chi connectivity index (χ0n) is 15.1. The maximum Gasteiger partial charge on any atom is 0.408 e. The Balaban J connectivity index is 1.86. The van der Waals surface area contributed by atoms with Crippen molar-refractivity contribution in [3.63, 3.8) is 0 Å². The molecule has 0 aliphatic carbocycles. The van der Waals surface area contributed by atoms with Crippen molar-refractivity contribution in [2.24, 2.45) is 0 Å². The van der Waals surface area contributed by atoms with E-state index in [2.05, 4.69) is 10.3 Å². The maximum atomic E-state index is 11.9. The van der Waals surface area contributed by atoms with Crippen LogP contribution in [0.25, 0.3) is 11.0 Å². The molecule has 0 radical (unpaired) electrons. The number of carboxylic acids is 1. The fourth-order valence-electron chi connectivity index (χ4n) is 2.74. The molecule has 0 saturated carbocycles. The number of fused-ring (bicyclic) bond motifs is 1. The lowest BCUT2D eigenvalue weighted by Crippen LogP contribution is -2.34. The number of aromatic carboxylic acids is 1. The van der Waals surface area contributed by atoms with E-state index in [-0.39, 0.29) is 18.2 Å². The fourth-order valence-corrected chi connectivity index (χ4v) is 2.74. The average molecular weight is 361 g/mol. The molecule has 0 spiro atoms. The van der Waals surface area contributed by atoms with Gasteiger partial charge in [-0.25, -0.2) is 14.6 Å². The van der Waals surface area contributed by atoms with Crippen molar-refractivity contribution in [2.75, 3.05) is 6.61 Å². The van der Waals surface area contributed by atoms with E-state index in [9.17, 15) is 14.7 Å². The molecule has 8 nitrogen and oxygen atoms in total. The van der Waals surface area contributed by atoms with E-state index in [1.807, 2.05) is 4.57 Å². The number of alkyl carbamates (subject to hydrolysis) is 1. The van der Waals surface area contributed by atoms with Crippen molar-refractivity contribution in [3.05, 3.63) is 29.6 Å². The second-order valence-corrected chi connectivity index (χ2v) is 7.28. The van der Waals surface area contributed by atoms with Crippen LogP contribution < -0.4 is 5.32 Å². The van der Waals surface area contributed by atoms with Crippen LogP contribution in [0.5, 0.6) is 0 Å². The first-order chi connectivity index (χ1) is 12.2. The molecule has 1 saturated heterocycles. The summed E-state index contributed by atoms with van der Waals surface area (Å²) in [5.41, 5.74) is 0.997. The van der Waals surface area contributed by atoms with Gasteiger partial charge in [-0.05, 0) is 45.4 Å². The maximum absolute atomic E-state index is 11.9. The molecule has 0 bridgehead atoms. The number of nitrogens with one attached hydrogen (secondary N) is 1. The molecular weight excluding hydrogens is 338 g/mol. The Kier molecular flexibility index (Phi) is 4.86. The molecule has 2 N–H and O–H groups in total. The van der Waals surface area contributed by atoms with Gasteiger partial charge in [-0.2, -0.15) is 0 Å². The Morgan fingerprint density at radius 3 is 2.73 bits per heavy atom. The second-order valence-electron chi connectivity index (χ2n) is 7.28. The number of aromatic nitrogens is 2. The van der Waals surface area contributed by atoms with Gasteiger partial charge in [0.25, 0.3) is 0 Å². The summed E-state index contributed by atoms with van der Waals surface area (Å²) in [4.78, 5) is 27.7. The number of hydrogen-bond donors (Lipinski definition) is 2. The van der Waals surface area contributed by atoms with Gasteiger partial charge in [0.15, 0.2) is 0 Å². The molecule has 1 atom stereocenters. The minimum Gasteiger partial charge on any atom is -0.478 e. The zero-order chi connectivity index (χ0) is 18.9. The number of imidazole rings is 1. The van der Waals surface area contributed by atoms with Crippen LogP contribution in [0.3, 0.4) is 0 Å². The average Bonchev–Trinajstić information content (AvgIpc) is 2.83. The van der Waals surface area contributed by atoms with Crippen LogP contribution in [0, 0.1) is 0 Å². The molecule has 0 unspecified atom stereocenters. The van der Waals surface area contributed by atoms with Gasteiger partial charge in [0, 0.05) is 6.61 Å². The standard InChI is InChI=1S/C18H23N3O5/c1-18(2,3)26-17(24)19-9-15-20-13-5-4-11(16(22)23)8-14(13)21(15)10-12-6-7-25-12/h4-5,8,12H,6-7,9-10H2,1-3H3,(H,19,24)(H,22,23)/t12-/m0/s1. The number of amides is 1. The molecule has 3 rings (SSSR count). The first kappa shape index (κ1) is 18.2. The largest absolute Gasteiger partial charge is 0.478 e. The van der Waals surface area contributed by atoms with Crippen LogP contribution in [-0.4, -0.2) is 45.0 Å². The van der Waals surface area contributed by atoms with E-state index in [0.29, 0.717) is 23.4 Å². The summed E-state index contributed by atoms with van der Waals surface area (Å²) in [7, 11) is 0. The van der Waals surface area contributed by atoms with Crippen LogP contribution in [0.2, 0.25) is 0 Å². The summed E-state index contributed by atoms with van der Waals surface area (Å²) in [5, 5.41) is 11.9. The summed E-state index contributed by atoms with van der Waals surface area (Å²) in [5.74, 6) is -0.364. The molecule has 1 aliphatic heterocycles. The molecule has 2 heterocycles. The van der Waals surface area contributed by atoms with Gasteiger partial charge in [-0.1, -0.05) is 0 Å². The SMILES string of the molecule is CC(C)(C)OC(=O)NCc1nc2ccc(C(=O)O)cc2n1C[C@@H]1CCO1. The van der Waals surface area contributed by atoms with Crippen LogP contribution in [-0.2, 0) is 22.6 Å². The highest BCUT2D eigenvalue weighted by atomic mass is 16.6. The van der Waals surface area contributed by atoms with Crippen LogP contribution in [0.15, 0.2) is 18.2 Å². The third-order valence-electron chi connectivity index (χ3n) is 4.04. The third-order valence-corrected chi connectivity index (χ3v) is 4.04. The van der Waals surface area contributed by atoms with Crippen molar-refractivity contribution < 1.29 is 24.2 Å². The van der Waals surface area contributed by atoms with Crippen LogP contribution in [0.1, 0.15) is 43.4 Å². The lowest BCUT2D eigenvalue weighted by Gasteiger charge is -2.27. The molecule has 26 heavy (non-hydrogen) atoms. The summed E-state index contributed by atoms with van der Waals surface area (Å²) >= 11 is 0. The predicted molar refractivity (Wildman–Crippen MR) is 94.1 cm³/mol. The second kappa shape index (κ2) is 6.95. The molecule has 1 aromatic heterocycles. The number of ether oxygens (including phenoxy) is 2. The Bertz CT molecular complexity index is 833. The molecule has 8 heteroatoms. The first-order valence-electron chi connectivity index (χ1n) is 8.54. The van der Waals surface area contributed by atoms with E-state index in [0.717, 1.165) is 13.0 Å².